The molecule has 0 aliphatic heterocycles. The summed E-state index contributed by atoms with van der Waals surface area (Å²) < 4.78 is 0. The van der Waals surface area contributed by atoms with E-state index in [1.807, 2.05) is 0 Å². The van der Waals surface area contributed by atoms with E-state index in [0.717, 1.165) is 32.2 Å². The van der Waals surface area contributed by atoms with E-state index in [-0.39, 0.29) is 12.1 Å². The van der Waals surface area contributed by atoms with Crippen LogP contribution in [0.4, 0.5) is 0 Å². The quantitative estimate of drug-likeness (QED) is 0.877. The smallest absolute Gasteiger partial charge is 0.0613 e. The Morgan fingerprint density at radius 3 is 2.48 bits per heavy atom. The standard InChI is InChI=1S/C18H23NOS/c20-14-18(19-13-17-7-4-12-21-17)10-8-16(9-11-18)15-5-2-1-3-6-15/h1-7,12,16,19-20H,8-11,13-14H2. The van der Waals surface area contributed by atoms with Crippen LogP contribution in [0.3, 0.4) is 0 Å². The van der Waals surface area contributed by atoms with Crippen molar-refractivity contribution < 1.29 is 5.11 Å². The fourth-order valence-corrected chi connectivity index (χ4v) is 3.95. The molecule has 1 heterocycles. The second-order valence-corrected chi connectivity index (χ2v) is 7.09. The van der Waals surface area contributed by atoms with Gasteiger partial charge >= 0.3 is 0 Å². The van der Waals surface area contributed by atoms with Crippen molar-refractivity contribution in [2.24, 2.45) is 0 Å². The summed E-state index contributed by atoms with van der Waals surface area (Å²) in [6.07, 6.45) is 4.41. The Morgan fingerprint density at radius 2 is 1.86 bits per heavy atom. The van der Waals surface area contributed by atoms with Crippen molar-refractivity contribution in [3.8, 4) is 0 Å². The van der Waals surface area contributed by atoms with Gasteiger partial charge in [-0.3, -0.25) is 0 Å². The summed E-state index contributed by atoms with van der Waals surface area (Å²) in [4.78, 5) is 1.34. The van der Waals surface area contributed by atoms with Crippen molar-refractivity contribution >= 4 is 11.3 Å². The summed E-state index contributed by atoms with van der Waals surface area (Å²) in [6.45, 7) is 1.11. The normalized spacial score (nSPS) is 25.9. The van der Waals surface area contributed by atoms with Crippen LogP contribution in [-0.2, 0) is 6.54 Å². The third-order valence-electron chi connectivity index (χ3n) is 4.73. The number of aliphatic hydroxyl groups is 1. The van der Waals surface area contributed by atoms with Crippen LogP contribution in [0, 0.1) is 0 Å². The molecular formula is C18H23NOS. The number of thiophene rings is 1. The van der Waals surface area contributed by atoms with Gasteiger partial charge in [0.05, 0.1) is 6.61 Å². The molecule has 0 atom stereocenters. The fourth-order valence-electron chi connectivity index (χ4n) is 3.31. The Morgan fingerprint density at radius 1 is 1.10 bits per heavy atom. The SMILES string of the molecule is OCC1(NCc2cccs2)CCC(c2ccccc2)CC1. The van der Waals surface area contributed by atoms with Gasteiger partial charge < -0.3 is 10.4 Å². The summed E-state index contributed by atoms with van der Waals surface area (Å²) in [5.41, 5.74) is 1.36. The zero-order valence-electron chi connectivity index (χ0n) is 12.3. The number of nitrogens with one attached hydrogen (secondary N) is 1. The molecule has 1 aromatic carbocycles. The third kappa shape index (κ3) is 3.54. The lowest BCUT2D eigenvalue weighted by molar-refractivity contribution is 0.113. The zero-order valence-corrected chi connectivity index (χ0v) is 13.1. The predicted molar refractivity (Wildman–Crippen MR) is 88.6 cm³/mol. The maximum Gasteiger partial charge on any atom is 0.0613 e. The van der Waals surface area contributed by atoms with E-state index in [1.165, 1.54) is 10.4 Å². The van der Waals surface area contributed by atoms with Crippen molar-refractivity contribution in [3.63, 3.8) is 0 Å². The Bertz CT molecular complexity index is 530. The Hall–Kier alpha value is -1.16. The minimum atomic E-state index is -0.0880. The van der Waals surface area contributed by atoms with Gasteiger partial charge in [-0.25, -0.2) is 0 Å². The summed E-state index contributed by atoms with van der Waals surface area (Å²) >= 11 is 1.77. The van der Waals surface area contributed by atoms with E-state index < -0.39 is 0 Å². The zero-order chi connectivity index (χ0) is 14.5. The molecule has 3 heteroatoms. The molecule has 1 fully saturated rings. The maximum absolute atomic E-state index is 9.87. The van der Waals surface area contributed by atoms with Crippen molar-refractivity contribution in [1.82, 2.24) is 5.32 Å². The number of rotatable bonds is 5. The van der Waals surface area contributed by atoms with Crippen molar-refractivity contribution in [1.29, 1.82) is 0 Å². The highest BCUT2D eigenvalue weighted by molar-refractivity contribution is 7.09. The van der Waals surface area contributed by atoms with Gasteiger partial charge in [-0.1, -0.05) is 36.4 Å². The topological polar surface area (TPSA) is 32.3 Å². The highest BCUT2D eigenvalue weighted by Crippen LogP contribution is 2.38. The van der Waals surface area contributed by atoms with E-state index in [9.17, 15) is 5.11 Å². The van der Waals surface area contributed by atoms with Gasteiger partial charge in [0.25, 0.3) is 0 Å². The van der Waals surface area contributed by atoms with Crippen LogP contribution in [0.1, 0.15) is 42.0 Å². The van der Waals surface area contributed by atoms with E-state index >= 15 is 0 Å². The number of benzene rings is 1. The summed E-state index contributed by atoms with van der Waals surface area (Å²) in [7, 11) is 0. The molecule has 2 nitrogen and oxygen atoms in total. The Labute approximate surface area is 130 Å². The molecule has 0 radical (unpaired) electrons. The summed E-state index contributed by atoms with van der Waals surface area (Å²) in [6, 6.07) is 15.0. The first-order valence-electron chi connectivity index (χ1n) is 7.75. The molecule has 0 amide bonds. The van der Waals surface area contributed by atoms with Crippen molar-refractivity contribution in [3.05, 3.63) is 58.3 Å². The van der Waals surface area contributed by atoms with Crippen molar-refractivity contribution in [2.75, 3.05) is 6.61 Å². The molecule has 1 aliphatic carbocycles. The largest absolute Gasteiger partial charge is 0.394 e. The second kappa shape index (κ2) is 6.73. The van der Waals surface area contributed by atoms with Gasteiger partial charge in [-0.2, -0.15) is 0 Å². The molecule has 0 saturated heterocycles. The third-order valence-corrected chi connectivity index (χ3v) is 5.61. The molecule has 112 valence electrons. The second-order valence-electron chi connectivity index (χ2n) is 6.06. The molecule has 0 bridgehead atoms. The van der Waals surface area contributed by atoms with Gasteiger partial charge in [0.1, 0.15) is 0 Å². The minimum Gasteiger partial charge on any atom is -0.394 e. The maximum atomic E-state index is 9.87. The molecule has 1 aliphatic rings. The first-order chi connectivity index (χ1) is 10.3. The van der Waals surface area contributed by atoms with Gasteiger partial charge in [-0.05, 0) is 48.6 Å². The van der Waals surface area contributed by atoms with Gasteiger partial charge in [0.2, 0.25) is 0 Å². The first-order valence-corrected chi connectivity index (χ1v) is 8.62. The molecule has 1 saturated carbocycles. The number of hydrogen-bond donors (Lipinski definition) is 2. The fraction of sp³-hybridized carbons (Fsp3) is 0.444. The van der Waals surface area contributed by atoms with E-state index in [1.54, 1.807) is 11.3 Å². The van der Waals surface area contributed by atoms with Crippen LogP contribution in [0.5, 0.6) is 0 Å². The Balaban J connectivity index is 1.59. The number of hydrogen-bond acceptors (Lipinski definition) is 3. The molecule has 0 unspecified atom stereocenters. The summed E-state index contributed by atoms with van der Waals surface area (Å²) in [5, 5.41) is 15.6. The summed E-state index contributed by atoms with van der Waals surface area (Å²) in [5.74, 6) is 0.648. The van der Waals surface area contributed by atoms with E-state index in [4.69, 9.17) is 0 Å². The van der Waals surface area contributed by atoms with Crippen LogP contribution in [-0.4, -0.2) is 17.3 Å². The molecule has 2 N–H and O–H groups in total. The molecule has 3 rings (SSSR count). The van der Waals surface area contributed by atoms with Crippen LogP contribution in [0.2, 0.25) is 0 Å². The number of aliphatic hydroxyl groups excluding tert-OH is 1. The average Bonchev–Trinajstić information content (AvgIpc) is 3.08. The monoisotopic (exact) mass is 301 g/mol. The average molecular weight is 301 g/mol. The van der Waals surface area contributed by atoms with Crippen LogP contribution < -0.4 is 5.32 Å². The minimum absolute atomic E-state index is 0.0880. The van der Waals surface area contributed by atoms with E-state index in [2.05, 4.69) is 53.2 Å². The predicted octanol–water partition coefficient (Wildman–Crippen LogP) is 3.93. The molecule has 0 spiro atoms. The van der Waals surface area contributed by atoms with Gasteiger partial charge in [0.15, 0.2) is 0 Å². The lowest BCUT2D eigenvalue weighted by Gasteiger charge is -2.40. The molecule has 1 aromatic heterocycles. The van der Waals surface area contributed by atoms with Gasteiger partial charge in [0, 0.05) is 17.0 Å². The highest BCUT2D eigenvalue weighted by atomic mass is 32.1. The highest BCUT2D eigenvalue weighted by Gasteiger charge is 2.34. The molecular weight excluding hydrogens is 278 g/mol. The lowest BCUT2D eigenvalue weighted by Crippen LogP contribution is -2.50. The first kappa shape index (κ1) is 14.8. The molecule has 21 heavy (non-hydrogen) atoms. The van der Waals surface area contributed by atoms with Crippen LogP contribution in [0.25, 0.3) is 0 Å². The van der Waals surface area contributed by atoms with Crippen molar-refractivity contribution in [2.45, 2.75) is 43.7 Å². The Kier molecular flexibility index (Phi) is 4.73. The van der Waals surface area contributed by atoms with Crippen LogP contribution in [0.15, 0.2) is 47.8 Å². The van der Waals surface area contributed by atoms with E-state index in [0.29, 0.717) is 5.92 Å². The lowest BCUT2D eigenvalue weighted by atomic mass is 9.74. The van der Waals surface area contributed by atoms with Gasteiger partial charge in [-0.15, -0.1) is 11.3 Å². The molecule has 2 aromatic rings. The van der Waals surface area contributed by atoms with Crippen LogP contribution >= 0.6 is 11.3 Å².